The summed E-state index contributed by atoms with van der Waals surface area (Å²) in [5.41, 5.74) is 1.82. The monoisotopic (exact) mass is 326 g/mol. The van der Waals surface area contributed by atoms with Crippen molar-refractivity contribution in [3.8, 4) is 5.75 Å². The van der Waals surface area contributed by atoms with Gasteiger partial charge < -0.3 is 19.8 Å². The van der Waals surface area contributed by atoms with E-state index in [4.69, 9.17) is 21.1 Å². The first-order chi connectivity index (χ1) is 10.7. The highest BCUT2D eigenvalue weighted by molar-refractivity contribution is 6.32. The number of hydrogen-bond donors (Lipinski definition) is 2. The maximum Gasteiger partial charge on any atom is 0.356 e. The van der Waals surface area contributed by atoms with E-state index < -0.39 is 12.8 Å². The Balaban J connectivity index is 2.06. The second kappa shape index (κ2) is 7.70. The number of alkyl halides is 1. The number of ether oxygens (including phenoxy) is 2. The third kappa shape index (κ3) is 3.92. The number of carbonyl (C=O) groups is 1. The number of nitrogens with one attached hydrogen (secondary N) is 2. The lowest BCUT2D eigenvalue weighted by molar-refractivity contribution is 0.0521. The zero-order chi connectivity index (χ0) is 15.9. The Bertz CT molecular complexity index is 645. The molecule has 0 aliphatic rings. The number of esters is 1. The van der Waals surface area contributed by atoms with Crippen molar-refractivity contribution in [1.29, 1.82) is 0 Å². The Hall–Kier alpha value is -2.21. The number of H-pyrrole nitrogens is 1. The minimum absolute atomic E-state index is 0.281. The van der Waals surface area contributed by atoms with Gasteiger partial charge in [-0.25, -0.2) is 9.18 Å². The van der Waals surface area contributed by atoms with E-state index in [0.717, 1.165) is 5.56 Å². The lowest BCUT2D eigenvalue weighted by Gasteiger charge is -2.10. The minimum Gasteiger partial charge on any atom is -0.461 e. The third-order valence-electron chi connectivity index (χ3n) is 2.92. The topological polar surface area (TPSA) is 63.4 Å². The van der Waals surface area contributed by atoms with E-state index in [1.54, 1.807) is 37.4 Å². The van der Waals surface area contributed by atoms with E-state index in [0.29, 0.717) is 29.6 Å². The molecule has 0 unspecified atom stereocenters. The second-order valence-corrected chi connectivity index (χ2v) is 4.77. The fraction of sp³-hybridized carbons (Fsp3) is 0.267. The van der Waals surface area contributed by atoms with E-state index in [1.165, 1.54) is 0 Å². The van der Waals surface area contributed by atoms with Gasteiger partial charge in [-0.15, -0.1) is 0 Å². The molecule has 5 nitrogen and oxygen atoms in total. The van der Waals surface area contributed by atoms with Crippen molar-refractivity contribution in [2.45, 2.75) is 13.5 Å². The van der Waals surface area contributed by atoms with Crippen molar-refractivity contribution in [3.05, 3.63) is 46.7 Å². The van der Waals surface area contributed by atoms with Gasteiger partial charge in [0.1, 0.15) is 11.4 Å². The van der Waals surface area contributed by atoms with Crippen LogP contribution in [0.4, 0.5) is 10.1 Å². The smallest absolute Gasteiger partial charge is 0.356 e. The van der Waals surface area contributed by atoms with E-state index in [2.05, 4.69) is 10.3 Å². The number of hydrogen-bond acceptors (Lipinski definition) is 4. The number of rotatable bonds is 7. The largest absolute Gasteiger partial charge is 0.461 e. The number of aromatic nitrogens is 1. The Morgan fingerprint density at radius 2 is 2.23 bits per heavy atom. The molecule has 1 aromatic heterocycles. The predicted octanol–water partition coefficient (Wildman–Crippen LogP) is 3.76. The van der Waals surface area contributed by atoms with Crippen LogP contribution in [-0.2, 0) is 11.3 Å². The maximum absolute atomic E-state index is 12.3. The number of aromatic amines is 1. The summed E-state index contributed by atoms with van der Waals surface area (Å²) in [7, 11) is 0. The second-order valence-electron chi connectivity index (χ2n) is 4.36. The molecule has 2 rings (SSSR count). The first kappa shape index (κ1) is 16.2. The Kier molecular flexibility index (Phi) is 5.66. The quantitative estimate of drug-likeness (QED) is 0.760. The highest BCUT2D eigenvalue weighted by atomic mass is 35.5. The fourth-order valence-electron chi connectivity index (χ4n) is 1.91. The number of halogens is 2. The molecule has 1 aromatic carbocycles. The molecule has 2 N–H and O–H groups in total. The van der Waals surface area contributed by atoms with Crippen molar-refractivity contribution in [2.24, 2.45) is 0 Å². The highest BCUT2D eigenvalue weighted by Crippen LogP contribution is 2.26. The summed E-state index contributed by atoms with van der Waals surface area (Å²) in [6.07, 6.45) is 1.65. The van der Waals surface area contributed by atoms with Gasteiger partial charge in [0.25, 0.3) is 0 Å². The van der Waals surface area contributed by atoms with Gasteiger partial charge in [0.05, 0.1) is 17.3 Å². The van der Waals surface area contributed by atoms with Gasteiger partial charge >= 0.3 is 5.97 Å². The van der Waals surface area contributed by atoms with Gasteiger partial charge in [-0.2, -0.15) is 0 Å². The summed E-state index contributed by atoms with van der Waals surface area (Å²) in [6, 6.07) is 6.80. The molecule has 0 bridgehead atoms. The summed E-state index contributed by atoms with van der Waals surface area (Å²) < 4.78 is 22.0. The summed E-state index contributed by atoms with van der Waals surface area (Å²) in [5.74, 6) is -0.143. The van der Waals surface area contributed by atoms with Crippen LogP contribution in [0.2, 0.25) is 5.02 Å². The van der Waals surface area contributed by atoms with Crippen molar-refractivity contribution in [1.82, 2.24) is 4.98 Å². The first-order valence-electron chi connectivity index (χ1n) is 6.71. The SMILES string of the molecule is CCOC(=O)c1[nH]ccc1NCc1ccc(Cl)c(OCF)c1. The molecule has 0 aliphatic carbocycles. The van der Waals surface area contributed by atoms with Gasteiger partial charge in [0.15, 0.2) is 0 Å². The molecule has 7 heteroatoms. The molecule has 0 atom stereocenters. The number of anilines is 1. The molecule has 1 heterocycles. The van der Waals surface area contributed by atoms with Crippen molar-refractivity contribution in [2.75, 3.05) is 18.8 Å². The summed E-state index contributed by atoms with van der Waals surface area (Å²) in [6.45, 7) is 1.53. The standard InChI is InChI=1S/C15H16ClFN2O3/c1-2-21-15(20)14-12(5-6-18-14)19-8-10-3-4-11(16)13(7-10)22-9-17/h3-7,18-19H,2,8-9H2,1H3. The lowest BCUT2D eigenvalue weighted by Crippen LogP contribution is -2.09. The molecule has 0 radical (unpaired) electrons. The molecule has 118 valence electrons. The van der Waals surface area contributed by atoms with Gasteiger partial charge in [-0.1, -0.05) is 17.7 Å². The van der Waals surface area contributed by atoms with Crippen molar-refractivity contribution >= 4 is 23.3 Å². The summed E-state index contributed by atoms with van der Waals surface area (Å²) in [4.78, 5) is 14.6. The molecular weight excluding hydrogens is 311 g/mol. The molecule has 22 heavy (non-hydrogen) atoms. The molecular formula is C15H16ClFN2O3. The Labute approximate surface area is 132 Å². The molecule has 0 saturated heterocycles. The molecule has 0 saturated carbocycles. The van der Waals surface area contributed by atoms with Crippen LogP contribution < -0.4 is 10.1 Å². The summed E-state index contributed by atoms with van der Waals surface area (Å²) in [5, 5.41) is 3.46. The normalized spacial score (nSPS) is 10.3. The van der Waals surface area contributed by atoms with Crippen LogP contribution in [0, 0.1) is 0 Å². The van der Waals surface area contributed by atoms with Crippen molar-refractivity contribution in [3.63, 3.8) is 0 Å². The van der Waals surface area contributed by atoms with Crippen LogP contribution in [0.1, 0.15) is 23.0 Å². The average Bonchev–Trinajstić information content (AvgIpc) is 2.97. The summed E-state index contributed by atoms with van der Waals surface area (Å²) >= 11 is 5.90. The zero-order valence-electron chi connectivity index (χ0n) is 12.0. The van der Waals surface area contributed by atoms with E-state index >= 15 is 0 Å². The third-order valence-corrected chi connectivity index (χ3v) is 3.23. The first-order valence-corrected chi connectivity index (χ1v) is 7.09. The van der Waals surface area contributed by atoms with Gasteiger partial charge in [0.2, 0.25) is 6.86 Å². The Morgan fingerprint density at radius 3 is 2.95 bits per heavy atom. The van der Waals surface area contributed by atoms with Crippen LogP contribution >= 0.6 is 11.6 Å². The zero-order valence-corrected chi connectivity index (χ0v) is 12.7. The van der Waals surface area contributed by atoms with Crippen LogP contribution in [0.3, 0.4) is 0 Å². The number of benzene rings is 1. The average molecular weight is 327 g/mol. The highest BCUT2D eigenvalue weighted by Gasteiger charge is 2.13. The molecule has 0 aliphatic heterocycles. The van der Waals surface area contributed by atoms with Crippen molar-refractivity contribution < 1.29 is 18.7 Å². The molecule has 2 aromatic rings. The van der Waals surface area contributed by atoms with Gasteiger partial charge in [0, 0.05) is 12.7 Å². The van der Waals surface area contributed by atoms with E-state index in [1.807, 2.05) is 0 Å². The van der Waals surface area contributed by atoms with Crippen LogP contribution in [0.25, 0.3) is 0 Å². The molecule has 0 amide bonds. The number of carbonyl (C=O) groups excluding carboxylic acids is 1. The lowest BCUT2D eigenvalue weighted by atomic mass is 10.2. The Morgan fingerprint density at radius 1 is 1.41 bits per heavy atom. The van der Waals surface area contributed by atoms with E-state index in [-0.39, 0.29) is 5.75 Å². The van der Waals surface area contributed by atoms with Gasteiger partial charge in [-0.3, -0.25) is 0 Å². The molecule has 0 fully saturated rings. The van der Waals surface area contributed by atoms with Crippen LogP contribution in [0.5, 0.6) is 5.75 Å². The fourth-order valence-corrected chi connectivity index (χ4v) is 2.09. The minimum atomic E-state index is -0.943. The van der Waals surface area contributed by atoms with Crippen LogP contribution in [-0.4, -0.2) is 24.4 Å². The van der Waals surface area contributed by atoms with Gasteiger partial charge in [-0.05, 0) is 30.7 Å². The maximum atomic E-state index is 12.3. The predicted molar refractivity (Wildman–Crippen MR) is 82.1 cm³/mol. The molecule has 0 spiro atoms. The van der Waals surface area contributed by atoms with Crippen LogP contribution in [0.15, 0.2) is 30.5 Å². The van der Waals surface area contributed by atoms with E-state index in [9.17, 15) is 9.18 Å².